The van der Waals surface area contributed by atoms with Gasteiger partial charge in [0.25, 0.3) is 0 Å². The van der Waals surface area contributed by atoms with E-state index in [2.05, 4.69) is 29.8 Å². The normalized spacial score (nSPS) is 22.9. The number of ether oxygens (including phenoxy) is 2. The van der Waals surface area contributed by atoms with E-state index >= 15 is 0 Å². The summed E-state index contributed by atoms with van der Waals surface area (Å²) < 4.78 is 10.7. The minimum Gasteiger partial charge on any atom is -0.464 e. The van der Waals surface area contributed by atoms with Crippen LogP contribution in [0.1, 0.15) is 44.4 Å². The van der Waals surface area contributed by atoms with E-state index < -0.39 is 6.04 Å². The predicted molar refractivity (Wildman–Crippen MR) is 112 cm³/mol. The van der Waals surface area contributed by atoms with Crippen LogP contribution in [-0.2, 0) is 19.1 Å². The second kappa shape index (κ2) is 8.72. The molecule has 0 unspecified atom stereocenters. The molecule has 3 rings (SSSR count). The number of nitrogens with one attached hydrogen (secondary N) is 1. The van der Waals surface area contributed by atoms with Gasteiger partial charge in [0.15, 0.2) is 0 Å². The molecule has 0 radical (unpaired) electrons. The van der Waals surface area contributed by atoms with Gasteiger partial charge in [-0.25, -0.2) is 9.59 Å². The summed E-state index contributed by atoms with van der Waals surface area (Å²) in [6, 6.07) is 5.60. The molecule has 0 amide bonds. The first-order chi connectivity index (χ1) is 13.9. The van der Waals surface area contributed by atoms with Crippen LogP contribution in [0.2, 0.25) is 0 Å². The molecule has 156 valence electrons. The van der Waals surface area contributed by atoms with Gasteiger partial charge in [0, 0.05) is 23.8 Å². The highest BCUT2D eigenvalue weighted by Crippen LogP contribution is 2.48. The molecule has 0 saturated carbocycles. The summed E-state index contributed by atoms with van der Waals surface area (Å²) in [6.45, 7) is 12.7. The highest BCUT2D eigenvalue weighted by atomic mass is 16.5. The van der Waals surface area contributed by atoms with Crippen LogP contribution >= 0.6 is 0 Å². The first-order valence-electron chi connectivity index (χ1n) is 10.2. The molecule has 6 heteroatoms. The van der Waals surface area contributed by atoms with E-state index in [9.17, 15) is 9.59 Å². The molecule has 6 nitrogen and oxygen atoms in total. The zero-order chi connectivity index (χ0) is 21.1. The Bertz CT molecular complexity index is 845. The number of aryl methyl sites for hydroxylation is 1. The third-order valence-electron chi connectivity index (χ3n) is 5.70. The van der Waals surface area contributed by atoms with Gasteiger partial charge in [0.05, 0.1) is 24.8 Å². The Balaban J connectivity index is 2.15. The lowest BCUT2D eigenvalue weighted by molar-refractivity contribution is -0.147. The smallest absolute Gasteiger partial charge is 0.335 e. The van der Waals surface area contributed by atoms with Crippen molar-refractivity contribution in [1.82, 2.24) is 4.90 Å². The summed E-state index contributed by atoms with van der Waals surface area (Å²) in [7, 11) is 0. The number of allylic oxidation sites excluding steroid dienone is 1. The number of carbonyl (C=O) groups is 2. The number of rotatable bonds is 6. The van der Waals surface area contributed by atoms with Crippen LogP contribution < -0.4 is 5.32 Å². The van der Waals surface area contributed by atoms with Crippen LogP contribution in [0.4, 0.5) is 5.69 Å². The first kappa shape index (κ1) is 21.0. The molecule has 2 aliphatic heterocycles. The standard InChI is InChI=1S/C23H30N2O4/c1-6-11-25-15(5)16(22(26)28-7-2)13-18-20(23(27)29-8-3)24-19-10-9-14(4)12-17(19)21(18)25/h6,9-10,12,18,20-21,24H,1,7-8,11,13H2,2-5H3/t18-,20+,21+/m1/s1. The number of esters is 2. The summed E-state index contributed by atoms with van der Waals surface area (Å²) in [5.74, 6) is -0.781. The van der Waals surface area contributed by atoms with Crippen molar-refractivity contribution in [2.75, 3.05) is 25.1 Å². The number of nitrogens with zero attached hydrogens (tertiary/aromatic N) is 1. The number of hydrogen-bond donors (Lipinski definition) is 1. The largest absolute Gasteiger partial charge is 0.464 e. The van der Waals surface area contributed by atoms with Crippen molar-refractivity contribution >= 4 is 17.6 Å². The number of fused-ring (bicyclic) bond motifs is 3. The van der Waals surface area contributed by atoms with Crippen LogP contribution in [0.5, 0.6) is 0 Å². The van der Waals surface area contributed by atoms with Gasteiger partial charge in [-0.15, -0.1) is 6.58 Å². The van der Waals surface area contributed by atoms with Gasteiger partial charge < -0.3 is 19.7 Å². The number of hydrogen-bond acceptors (Lipinski definition) is 6. The fourth-order valence-corrected chi connectivity index (χ4v) is 4.44. The van der Waals surface area contributed by atoms with Gasteiger partial charge in [-0.2, -0.15) is 0 Å². The highest BCUT2D eigenvalue weighted by Gasteiger charge is 2.47. The van der Waals surface area contributed by atoms with E-state index in [0.29, 0.717) is 31.8 Å². The molecule has 0 aliphatic carbocycles. The lowest BCUT2D eigenvalue weighted by Crippen LogP contribution is -2.51. The summed E-state index contributed by atoms with van der Waals surface area (Å²) in [6.07, 6.45) is 2.28. The van der Waals surface area contributed by atoms with Gasteiger partial charge in [-0.05, 0) is 45.7 Å². The fraction of sp³-hybridized carbons (Fsp3) is 0.478. The third-order valence-corrected chi connectivity index (χ3v) is 5.70. The van der Waals surface area contributed by atoms with Crippen molar-refractivity contribution in [3.05, 3.63) is 53.3 Å². The van der Waals surface area contributed by atoms with E-state index in [0.717, 1.165) is 22.5 Å². The number of benzene rings is 1. The Morgan fingerprint density at radius 3 is 2.62 bits per heavy atom. The van der Waals surface area contributed by atoms with Gasteiger partial charge in [-0.3, -0.25) is 0 Å². The minimum absolute atomic E-state index is 0.0586. The summed E-state index contributed by atoms with van der Waals surface area (Å²) >= 11 is 0. The maximum Gasteiger partial charge on any atom is 0.335 e. The molecule has 29 heavy (non-hydrogen) atoms. The molecule has 3 atom stereocenters. The molecular weight excluding hydrogens is 368 g/mol. The Kier molecular flexibility index (Phi) is 6.30. The molecule has 1 N–H and O–H groups in total. The molecule has 0 saturated heterocycles. The van der Waals surface area contributed by atoms with Crippen LogP contribution in [0.3, 0.4) is 0 Å². The zero-order valence-electron chi connectivity index (χ0n) is 17.7. The average Bonchev–Trinajstić information content (AvgIpc) is 2.69. The molecule has 0 fully saturated rings. The minimum atomic E-state index is -0.542. The first-order valence-corrected chi connectivity index (χ1v) is 10.2. The summed E-state index contributed by atoms with van der Waals surface area (Å²) in [4.78, 5) is 27.7. The van der Waals surface area contributed by atoms with E-state index in [-0.39, 0.29) is 23.9 Å². The lowest BCUT2D eigenvalue weighted by atomic mass is 9.74. The van der Waals surface area contributed by atoms with E-state index in [1.165, 1.54) is 0 Å². The third kappa shape index (κ3) is 3.88. The lowest BCUT2D eigenvalue weighted by Gasteiger charge is -2.49. The summed E-state index contributed by atoms with van der Waals surface area (Å²) in [5, 5.41) is 3.38. The molecule has 2 heterocycles. The second-order valence-electron chi connectivity index (χ2n) is 7.50. The predicted octanol–water partition coefficient (Wildman–Crippen LogP) is 3.74. The SMILES string of the molecule is C=CCN1C(C)=C(C(=O)OCC)C[C@@H]2[C@@H](C(=O)OCC)Nc3ccc(C)cc3[C@@H]21. The molecule has 0 spiro atoms. The molecule has 0 aromatic heterocycles. The molecule has 2 aliphatic rings. The molecule has 0 bridgehead atoms. The monoisotopic (exact) mass is 398 g/mol. The quantitative estimate of drug-likeness (QED) is 0.582. The van der Waals surface area contributed by atoms with E-state index in [4.69, 9.17) is 9.47 Å². The van der Waals surface area contributed by atoms with Gasteiger partial charge in [-0.1, -0.05) is 23.8 Å². The number of carbonyl (C=O) groups excluding carboxylic acids is 2. The van der Waals surface area contributed by atoms with Crippen molar-refractivity contribution in [2.24, 2.45) is 5.92 Å². The van der Waals surface area contributed by atoms with Crippen molar-refractivity contribution in [3.63, 3.8) is 0 Å². The van der Waals surface area contributed by atoms with E-state index in [1.807, 2.05) is 25.1 Å². The highest BCUT2D eigenvalue weighted by molar-refractivity contribution is 5.90. The van der Waals surface area contributed by atoms with Crippen LogP contribution in [0, 0.1) is 12.8 Å². The molecule has 1 aromatic carbocycles. The second-order valence-corrected chi connectivity index (χ2v) is 7.50. The van der Waals surface area contributed by atoms with Crippen molar-refractivity contribution in [2.45, 2.75) is 46.2 Å². The Morgan fingerprint density at radius 1 is 1.24 bits per heavy atom. The van der Waals surface area contributed by atoms with Crippen molar-refractivity contribution in [1.29, 1.82) is 0 Å². The van der Waals surface area contributed by atoms with Gasteiger partial charge in [0.2, 0.25) is 0 Å². The fourth-order valence-electron chi connectivity index (χ4n) is 4.44. The maximum absolute atomic E-state index is 12.8. The van der Waals surface area contributed by atoms with Gasteiger partial charge in [0.1, 0.15) is 6.04 Å². The average molecular weight is 399 g/mol. The van der Waals surface area contributed by atoms with Crippen LogP contribution in [0.25, 0.3) is 0 Å². The Labute approximate surface area is 172 Å². The van der Waals surface area contributed by atoms with Crippen molar-refractivity contribution < 1.29 is 19.1 Å². The maximum atomic E-state index is 12.8. The van der Waals surface area contributed by atoms with Gasteiger partial charge >= 0.3 is 11.9 Å². The Morgan fingerprint density at radius 2 is 1.97 bits per heavy atom. The molecule has 1 aromatic rings. The molecular formula is C23H30N2O4. The van der Waals surface area contributed by atoms with Crippen LogP contribution in [0.15, 0.2) is 42.1 Å². The Hall–Kier alpha value is -2.76. The number of anilines is 1. The topological polar surface area (TPSA) is 67.9 Å². The van der Waals surface area contributed by atoms with Crippen molar-refractivity contribution in [3.8, 4) is 0 Å². The van der Waals surface area contributed by atoms with Crippen LogP contribution in [-0.4, -0.2) is 42.6 Å². The summed E-state index contributed by atoms with van der Waals surface area (Å²) in [5.41, 5.74) is 4.69. The zero-order valence-corrected chi connectivity index (χ0v) is 17.7. The van der Waals surface area contributed by atoms with E-state index in [1.54, 1.807) is 13.8 Å².